The largest absolute Gasteiger partial charge is 0.370 e. The molecule has 0 heterocycles. The fraction of sp³-hybridized carbons (Fsp3) is 0.235. The molecule has 0 radical (unpaired) electrons. The highest BCUT2D eigenvalue weighted by Crippen LogP contribution is 2.48. The van der Waals surface area contributed by atoms with Crippen molar-refractivity contribution in [1.82, 2.24) is 0 Å². The Kier molecular flexibility index (Phi) is 5.39. The number of guanidine groups is 1. The van der Waals surface area contributed by atoms with Gasteiger partial charge in [0.15, 0.2) is 5.96 Å². The highest BCUT2D eigenvalue weighted by Gasteiger charge is 2.44. The Morgan fingerprint density at radius 2 is 1.86 bits per heavy atom. The lowest BCUT2D eigenvalue weighted by atomic mass is 9.96. The number of benzene rings is 2. The predicted molar refractivity (Wildman–Crippen MR) is 99.3 cm³/mol. The molecule has 0 atom stereocenters. The lowest BCUT2D eigenvalue weighted by Crippen LogP contribution is -2.24. The monoisotopic (exact) mass is 411 g/mol. The number of para-hydroxylation sites is 1. The second-order valence-corrected chi connectivity index (χ2v) is 5.48. The number of hydrogen-bond donors (Lipinski definition) is 2. The third-order valence-corrected chi connectivity index (χ3v) is 3.89. The van der Waals surface area contributed by atoms with Gasteiger partial charge in [-0.2, -0.15) is 0 Å². The van der Waals surface area contributed by atoms with E-state index >= 15 is 0 Å². The van der Waals surface area contributed by atoms with Crippen LogP contribution in [0.15, 0.2) is 59.6 Å². The quantitative estimate of drug-likeness (QED) is 0.456. The van der Waals surface area contributed by atoms with Crippen molar-refractivity contribution < 1.29 is 4.39 Å². The van der Waals surface area contributed by atoms with Crippen molar-refractivity contribution in [1.29, 1.82) is 0 Å². The van der Waals surface area contributed by atoms with Crippen molar-refractivity contribution in [2.24, 2.45) is 10.7 Å². The van der Waals surface area contributed by atoms with Crippen LogP contribution in [0.3, 0.4) is 0 Å². The molecule has 5 heteroatoms. The number of nitrogens with zero attached hydrogens (tertiary/aromatic N) is 1. The molecule has 1 aliphatic carbocycles. The van der Waals surface area contributed by atoms with E-state index in [1.165, 1.54) is 6.07 Å². The van der Waals surface area contributed by atoms with E-state index < -0.39 is 0 Å². The number of aliphatic imine (C=N–C) groups is 1. The smallest absolute Gasteiger partial charge is 0.193 e. The Bertz CT molecular complexity index is 654. The van der Waals surface area contributed by atoms with Crippen molar-refractivity contribution in [3.63, 3.8) is 0 Å². The van der Waals surface area contributed by atoms with Crippen molar-refractivity contribution in [2.45, 2.75) is 18.3 Å². The van der Waals surface area contributed by atoms with Gasteiger partial charge in [-0.1, -0.05) is 30.3 Å². The molecule has 0 spiro atoms. The minimum atomic E-state index is -0.196. The molecule has 0 aliphatic heterocycles. The Balaban J connectivity index is 0.00000176. The summed E-state index contributed by atoms with van der Waals surface area (Å²) < 4.78 is 13.3. The summed E-state index contributed by atoms with van der Waals surface area (Å²) in [5.41, 5.74) is 7.80. The van der Waals surface area contributed by atoms with E-state index in [1.807, 2.05) is 36.4 Å². The van der Waals surface area contributed by atoms with E-state index in [4.69, 9.17) is 5.73 Å². The summed E-state index contributed by atoms with van der Waals surface area (Å²) in [6.07, 6.45) is 2.05. The lowest BCUT2D eigenvalue weighted by Gasteiger charge is -2.14. The van der Waals surface area contributed by atoms with Crippen LogP contribution in [0, 0.1) is 5.82 Å². The number of halogens is 2. The molecule has 0 aromatic heterocycles. The van der Waals surface area contributed by atoms with Crippen LogP contribution in [0.2, 0.25) is 0 Å². The third-order valence-electron chi connectivity index (χ3n) is 3.89. The summed E-state index contributed by atoms with van der Waals surface area (Å²) in [6, 6.07) is 16.5. The lowest BCUT2D eigenvalue weighted by molar-refractivity contribution is 0.616. The molecule has 3 N–H and O–H groups in total. The van der Waals surface area contributed by atoms with Gasteiger partial charge in [-0.15, -0.1) is 24.0 Å². The van der Waals surface area contributed by atoms with Gasteiger partial charge in [-0.3, -0.25) is 4.99 Å². The van der Waals surface area contributed by atoms with Crippen molar-refractivity contribution >= 4 is 35.6 Å². The SMILES string of the molecule is I.NC(=NCC1(c2cccc(F)c2)CC1)Nc1ccccc1. The second kappa shape index (κ2) is 7.09. The average molecular weight is 411 g/mol. The summed E-state index contributed by atoms with van der Waals surface area (Å²) in [5, 5.41) is 3.06. The maximum absolute atomic E-state index is 13.3. The molecular formula is C17H19FIN3. The van der Waals surface area contributed by atoms with Crippen molar-refractivity contribution in [3.8, 4) is 0 Å². The molecule has 1 aliphatic rings. The molecule has 2 aromatic rings. The Morgan fingerprint density at radius 3 is 2.50 bits per heavy atom. The molecule has 3 rings (SSSR count). The maximum Gasteiger partial charge on any atom is 0.193 e. The van der Waals surface area contributed by atoms with E-state index in [2.05, 4.69) is 10.3 Å². The highest BCUT2D eigenvalue weighted by atomic mass is 127. The van der Waals surface area contributed by atoms with Crippen LogP contribution >= 0.6 is 24.0 Å². The van der Waals surface area contributed by atoms with E-state index in [9.17, 15) is 4.39 Å². The van der Waals surface area contributed by atoms with Gasteiger partial charge in [0.2, 0.25) is 0 Å². The first-order chi connectivity index (χ1) is 10.2. The van der Waals surface area contributed by atoms with Gasteiger partial charge < -0.3 is 11.1 Å². The molecule has 1 saturated carbocycles. The summed E-state index contributed by atoms with van der Waals surface area (Å²) in [7, 11) is 0. The molecule has 0 bridgehead atoms. The van der Waals surface area contributed by atoms with E-state index in [0.717, 1.165) is 24.1 Å². The molecule has 116 valence electrons. The fourth-order valence-corrected chi connectivity index (χ4v) is 2.45. The first-order valence-corrected chi connectivity index (χ1v) is 7.06. The van der Waals surface area contributed by atoms with Gasteiger partial charge in [0, 0.05) is 11.1 Å². The zero-order chi connectivity index (χ0) is 14.7. The number of anilines is 1. The van der Waals surface area contributed by atoms with Crippen LogP contribution in [0.25, 0.3) is 0 Å². The van der Waals surface area contributed by atoms with Gasteiger partial charge in [-0.05, 0) is 42.7 Å². The molecule has 0 amide bonds. The normalized spacial score (nSPS) is 15.8. The summed E-state index contributed by atoms with van der Waals surface area (Å²) >= 11 is 0. The molecule has 22 heavy (non-hydrogen) atoms. The van der Waals surface area contributed by atoms with Crippen LogP contribution < -0.4 is 11.1 Å². The van der Waals surface area contributed by atoms with Crippen molar-refractivity contribution in [3.05, 3.63) is 66.0 Å². The van der Waals surface area contributed by atoms with E-state index in [-0.39, 0.29) is 35.2 Å². The van der Waals surface area contributed by atoms with Gasteiger partial charge in [-0.25, -0.2) is 4.39 Å². The average Bonchev–Trinajstić information content (AvgIpc) is 3.28. The predicted octanol–water partition coefficient (Wildman–Crippen LogP) is 3.90. The minimum absolute atomic E-state index is 0. The van der Waals surface area contributed by atoms with Crippen LogP contribution in [-0.2, 0) is 5.41 Å². The van der Waals surface area contributed by atoms with Crippen LogP contribution in [0.4, 0.5) is 10.1 Å². The van der Waals surface area contributed by atoms with Crippen molar-refractivity contribution in [2.75, 3.05) is 11.9 Å². The molecule has 3 nitrogen and oxygen atoms in total. The minimum Gasteiger partial charge on any atom is -0.370 e. The molecule has 0 unspecified atom stereocenters. The topological polar surface area (TPSA) is 50.4 Å². The summed E-state index contributed by atoms with van der Waals surface area (Å²) in [6.45, 7) is 0.585. The molecular weight excluding hydrogens is 392 g/mol. The number of nitrogens with two attached hydrogens (primary N) is 1. The summed E-state index contributed by atoms with van der Waals surface area (Å²) in [5.74, 6) is 0.196. The van der Waals surface area contributed by atoms with Crippen LogP contribution in [0.1, 0.15) is 18.4 Å². The highest BCUT2D eigenvalue weighted by molar-refractivity contribution is 14.0. The van der Waals surface area contributed by atoms with E-state index in [0.29, 0.717) is 12.5 Å². The molecule has 1 fully saturated rings. The second-order valence-electron chi connectivity index (χ2n) is 5.48. The standard InChI is InChI=1S/C17H18FN3.HI/c18-14-6-4-5-13(11-14)17(9-10-17)12-20-16(19)21-15-7-2-1-3-8-15;/h1-8,11H,9-10,12H2,(H3,19,20,21);1H. The van der Waals surface area contributed by atoms with Gasteiger partial charge in [0.1, 0.15) is 5.82 Å². The van der Waals surface area contributed by atoms with E-state index in [1.54, 1.807) is 12.1 Å². The fourth-order valence-electron chi connectivity index (χ4n) is 2.45. The van der Waals surface area contributed by atoms with Gasteiger partial charge in [0.25, 0.3) is 0 Å². The zero-order valence-electron chi connectivity index (χ0n) is 12.1. The third kappa shape index (κ3) is 3.97. The molecule has 2 aromatic carbocycles. The first kappa shape index (κ1) is 16.7. The number of hydrogen-bond acceptors (Lipinski definition) is 1. The Hall–Kier alpha value is -1.63. The first-order valence-electron chi connectivity index (χ1n) is 7.06. The van der Waals surface area contributed by atoms with Gasteiger partial charge >= 0.3 is 0 Å². The summed E-state index contributed by atoms with van der Waals surface area (Å²) in [4.78, 5) is 4.42. The van der Waals surface area contributed by atoms with Crippen LogP contribution in [-0.4, -0.2) is 12.5 Å². The maximum atomic E-state index is 13.3. The number of nitrogens with one attached hydrogen (secondary N) is 1. The zero-order valence-corrected chi connectivity index (χ0v) is 14.5. The molecule has 0 saturated heterocycles. The Labute approximate surface area is 146 Å². The van der Waals surface area contributed by atoms with Gasteiger partial charge in [0.05, 0.1) is 6.54 Å². The Morgan fingerprint density at radius 1 is 1.14 bits per heavy atom. The van der Waals surface area contributed by atoms with Crippen LogP contribution in [0.5, 0.6) is 0 Å². The number of rotatable bonds is 4.